The van der Waals surface area contributed by atoms with E-state index in [0.29, 0.717) is 5.92 Å². The summed E-state index contributed by atoms with van der Waals surface area (Å²) >= 11 is 5.44. The average molecular weight is 364 g/mol. The number of aryl methyl sites for hydroxylation is 1. The second-order valence-electron chi connectivity index (χ2n) is 6.15. The summed E-state index contributed by atoms with van der Waals surface area (Å²) in [6.45, 7) is 3.28. The van der Waals surface area contributed by atoms with Gasteiger partial charge in [-0.2, -0.15) is 0 Å². The molecule has 3 rings (SSSR count). The van der Waals surface area contributed by atoms with Gasteiger partial charge in [0.1, 0.15) is 0 Å². The number of thiophene rings is 1. The molecule has 1 fully saturated rings. The van der Waals surface area contributed by atoms with Gasteiger partial charge in [0.25, 0.3) is 0 Å². The molecule has 0 amide bonds. The van der Waals surface area contributed by atoms with Crippen LogP contribution in [0.3, 0.4) is 0 Å². The van der Waals surface area contributed by atoms with Gasteiger partial charge in [-0.25, -0.2) is 0 Å². The minimum atomic E-state index is 0.679. The zero-order valence-corrected chi connectivity index (χ0v) is 14.8. The average Bonchev–Trinajstić information content (AvgIpc) is 3.21. The van der Waals surface area contributed by atoms with Gasteiger partial charge in [0.2, 0.25) is 0 Å². The van der Waals surface area contributed by atoms with Crippen molar-refractivity contribution in [1.29, 1.82) is 0 Å². The highest BCUT2D eigenvalue weighted by atomic mass is 79.9. The molecule has 2 aromatic rings. The quantitative estimate of drug-likeness (QED) is 0.731. The van der Waals surface area contributed by atoms with E-state index in [0.717, 1.165) is 19.0 Å². The molecule has 21 heavy (non-hydrogen) atoms. The molecule has 3 heteroatoms. The summed E-state index contributed by atoms with van der Waals surface area (Å²) < 4.78 is 1.24. The van der Waals surface area contributed by atoms with Gasteiger partial charge in [0.05, 0.1) is 3.79 Å². The van der Waals surface area contributed by atoms with Crippen molar-refractivity contribution in [1.82, 2.24) is 5.32 Å². The molecular weight excluding hydrogens is 342 g/mol. The Hall–Kier alpha value is -0.640. The SMILES string of the molecule is Cc1ccc(CC(CNC2CC2)Cc2ccc(Br)s2)cc1. The summed E-state index contributed by atoms with van der Waals surface area (Å²) in [6, 6.07) is 14.2. The van der Waals surface area contributed by atoms with E-state index in [1.54, 1.807) is 0 Å². The van der Waals surface area contributed by atoms with Crippen molar-refractivity contribution in [3.05, 3.63) is 56.2 Å². The number of hydrogen-bond donors (Lipinski definition) is 1. The van der Waals surface area contributed by atoms with Crippen LogP contribution in [0.15, 0.2) is 40.2 Å². The molecule has 0 radical (unpaired) electrons. The third-order valence-electron chi connectivity index (χ3n) is 4.04. The monoisotopic (exact) mass is 363 g/mol. The molecule has 1 aromatic heterocycles. The normalized spacial score (nSPS) is 16.1. The Morgan fingerprint density at radius 2 is 1.90 bits per heavy atom. The summed E-state index contributed by atoms with van der Waals surface area (Å²) in [6.07, 6.45) is 5.06. The highest BCUT2D eigenvalue weighted by molar-refractivity contribution is 9.11. The first kappa shape index (κ1) is 15.3. The Kier molecular flexibility index (Phi) is 5.15. The van der Waals surface area contributed by atoms with Crippen LogP contribution in [0.2, 0.25) is 0 Å². The Labute approximate surface area is 139 Å². The molecule has 1 unspecified atom stereocenters. The number of benzene rings is 1. The highest BCUT2D eigenvalue weighted by Gasteiger charge is 2.22. The van der Waals surface area contributed by atoms with Gasteiger partial charge >= 0.3 is 0 Å². The van der Waals surface area contributed by atoms with Gasteiger partial charge < -0.3 is 5.32 Å². The molecule has 1 N–H and O–H groups in total. The van der Waals surface area contributed by atoms with E-state index in [9.17, 15) is 0 Å². The van der Waals surface area contributed by atoms with Crippen LogP contribution in [0, 0.1) is 12.8 Å². The number of hydrogen-bond acceptors (Lipinski definition) is 2. The topological polar surface area (TPSA) is 12.0 Å². The first-order chi connectivity index (χ1) is 10.2. The molecular formula is C18H22BrNS. The fraction of sp³-hybridized carbons (Fsp3) is 0.444. The van der Waals surface area contributed by atoms with Crippen LogP contribution in [-0.2, 0) is 12.8 Å². The summed E-state index contributed by atoms with van der Waals surface area (Å²) in [4.78, 5) is 1.48. The van der Waals surface area contributed by atoms with Gasteiger partial charge in [-0.15, -0.1) is 11.3 Å². The molecule has 112 valence electrons. The zero-order chi connectivity index (χ0) is 14.7. The molecule has 1 saturated carbocycles. The van der Waals surface area contributed by atoms with E-state index in [2.05, 4.69) is 64.6 Å². The number of rotatable bonds is 7. The maximum absolute atomic E-state index is 3.71. The van der Waals surface area contributed by atoms with Crippen molar-refractivity contribution < 1.29 is 0 Å². The fourth-order valence-corrected chi connectivity index (χ4v) is 4.24. The lowest BCUT2D eigenvalue weighted by molar-refractivity contribution is 0.471. The largest absolute Gasteiger partial charge is 0.314 e. The summed E-state index contributed by atoms with van der Waals surface area (Å²) in [5.41, 5.74) is 2.80. The van der Waals surface area contributed by atoms with Gasteiger partial charge in [-0.1, -0.05) is 29.8 Å². The van der Waals surface area contributed by atoms with Crippen molar-refractivity contribution in [2.75, 3.05) is 6.54 Å². The fourth-order valence-electron chi connectivity index (χ4n) is 2.64. The smallest absolute Gasteiger partial charge is 0.0701 e. The summed E-state index contributed by atoms with van der Waals surface area (Å²) in [7, 11) is 0. The predicted octanol–water partition coefficient (Wildman–Crippen LogP) is 4.97. The molecule has 1 nitrogen and oxygen atoms in total. The molecule has 1 aliphatic carbocycles. The van der Waals surface area contributed by atoms with E-state index in [1.807, 2.05) is 11.3 Å². The van der Waals surface area contributed by atoms with Crippen LogP contribution < -0.4 is 5.32 Å². The van der Waals surface area contributed by atoms with E-state index < -0.39 is 0 Å². The molecule has 0 spiro atoms. The van der Waals surface area contributed by atoms with Crippen molar-refractivity contribution in [3.8, 4) is 0 Å². The van der Waals surface area contributed by atoms with Crippen LogP contribution >= 0.6 is 27.3 Å². The van der Waals surface area contributed by atoms with Gasteiger partial charge in [0, 0.05) is 10.9 Å². The van der Waals surface area contributed by atoms with Crippen molar-refractivity contribution in [2.24, 2.45) is 5.92 Å². The highest BCUT2D eigenvalue weighted by Crippen LogP contribution is 2.26. The number of nitrogens with one attached hydrogen (secondary N) is 1. The van der Waals surface area contributed by atoms with Crippen molar-refractivity contribution >= 4 is 27.3 Å². The third-order valence-corrected chi connectivity index (χ3v) is 5.68. The standard InChI is InChI=1S/C18H22BrNS/c1-13-2-4-14(5-3-13)10-15(12-20-16-6-7-16)11-17-8-9-18(19)21-17/h2-5,8-9,15-16,20H,6-7,10-12H2,1H3. The van der Waals surface area contributed by atoms with Gasteiger partial charge in [-0.3, -0.25) is 0 Å². The molecule has 1 aliphatic rings. The lowest BCUT2D eigenvalue weighted by Crippen LogP contribution is -2.27. The lowest BCUT2D eigenvalue weighted by Gasteiger charge is -2.17. The molecule has 1 heterocycles. The van der Waals surface area contributed by atoms with Crippen LogP contribution in [-0.4, -0.2) is 12.6 Å². The maximum Gasteiger partial charge on any atom is 0.0701 e. The minimum absolute atomic E-state index is 0.679. The van der Waals surface area contributed by atoms with Crippen molar-refractivity contribution in [3.63, 3.8) is 0 Å². The predicted molar refractivity (Wildman–Crippen MR) is 95.1 cm³/mol. The first-order valence-electron chi connectivity index (χ1n) is 7.72. The second-order valence-corrected chi connectivity index (χ2v) is 8.70. The molecule has 1 aromatic carbocycles. The molecule has 1 atom stereocenters. The Balaban J connectivity index is 1.63. The Morgan fingerprint density at radius 1 is 1.14 bits per heavy atom. The third kappa shape index (κ3) is 4.94. The minimum Gasteiger partial charge on any atom is -0.314 e. The van der Waals surface area contributed by atoms with Crippen LogP contribution in [0.1, 0.15) is 28.8 Å². The van der Waals surface area contributed by atoms with Crippen LogP contribution in [0.25, 0.3) is 0 Å². The van der Waals surface area contributed by atoms with Gasteiger partial charge in [0.15, 0.2) is 0 Å². The lowest BCUT2D eigenvalue weighted by atomic mass is 9.95. The van der Waals surface area contributed by atoms with E-state index in [1.165, 1.54) is 39.1 Å². The van der Waals surface area contributed by atoms with E-state index in [-0.39, 0.29) is 0 Å². The molecule has 0 bridgehead atoms. The Bertz CT molecular complexity index is 571. The molecule has 0 aliphatic heterocycles. The Morgan fingerprint density at radius 3 is 2.52 bits per heavy atom. The molecule has 0 saturated heterocycles. The van der Waals surface area contributed by atoms with Crippen molar-refractivity contribution in [2.45, 2.75) is 38.6 Å². The summed E-state index contributed by atoms with van der Waals surface area (Å²) in [5.74, 6) is 0.679. The first-order valence-corrected chi connectivity index (χ1v) is 9.33. The number of halogens is 1. The summed E-state index contributed by atoms with van der Waals surface area (Å²) in [5, 5.41) is 3.71. The van der Waals surface area contributed by atoms with E-state index in [4.69, 9.17) is 0 Å². The van der Waals surface area contributed by atoms with Crippen LogP contribution in [0.4, 0.5) is 0 Å². The maximum atomic E-state index is 3.71. The second kappa shape index (κ2) is 7.08. The zero-order valence-electron chi connectivity index (χ0n) is 12.4. The van der Waals surface area contributed by atoms with Gasteiger partial charge in [-0.05, 0) is 78.7 Å². The van der Waals surface area contributed by atoms with E-state index >= 15 is 0 Å². The van der Waals surface area contributed by atoms with Crippen LogP contribution in [0.5, 0.6) is 0 Å².